The van der Waals surface area contributed by atoms with E-state index in [2.05, 4.69) is 4.98 Å². The molecule has 3 rings (SSSR count). The Morgan fingerprint density at radius 3 is 2.64 bits per heavy atom. The van der Waals surface area contributed by atoms with Gasteiger partial charge < -0.3 is 14.4 Å². The van der Waals surface area contributed by atoms with Crippen LogP contribution >= 0.6 is 23.4 Å². The second-order valence-corrected chi connectivity index (χ2v) is 6.92. The fraction of sp³-hybridized carbons (Fsp3) is 0.211. The number of benzene rings is 2. The lowest BCUT2D eigenvalue weighted by molar-refractivity contribution is 0.270. The Bertz CT molecular complexity index is 834. The van der Waals surface area contributed by atoms with Gasteiger partial charge in [-0.2, -0.15) is 0 Å². The number of aromatic nitrogens is 2. The zero-order chi connectivity index (χ0) is 17.6. The molecule has 6 heteroatoms. The number of imidazole rings is 1. The number of ether oxygens (including phenoxy) is 1. The number of aliphatic hydroxyl groups is 1. The quantitative estimate of drug-likeness (QED) is 0.623. The van der Waals surface area contributed by atoms with E-state index >= 15 is 0 Å². The third-order valence-corrected chi connectivity index (χ3v) is 5.12. The highest BCUT2D eigenvalue weighted by Crippen LogP contribution is 2.25. The first kappa shape index (κ1) is 17.9. The van der Waals surface area contributed by atoms with Gasteiger partial charge in [-0.15, -0.1) is 0 Å². The average molecular weight is 375 g/mol. The van der Waals surface area contributed by atoms with Crippen molar-refractivity contribution in [3.63, 3.8) is 0 Å². The molecule has 0 amide bonds. The molecule has 0 saturated carbocycles. The van der Waals surface area contributed by atoms with E-state index in [0.29, 0.717) is 6.54 Å². The summed E-state index contributed by atoms with van der Waals surface area (Å²) in [5.74, 6) is 1.60. The maximum atomic E-state index is 9.61. The van der Waals surface area contributed by atoms with Crippen molar-refractivity contribution in [1.29, 1.82) is 0 Å². The molecule has 3 aromatic rings. The molecule has 1 N–H and O–H groups in total. The van der Waals surface area contributed by atoms with Gasteiger partial charge in [-0.3, -0.25) is 0 Å². The summed E-state index contributed by atoms with van der Waals surface area (Å²) in [5, 5.41) is 11.2. The van der Waals surface area contributed by atoms with Crippen molar-refractivity contribution in [2.75, 3.05) is 7.11 Å². The second-order valence-electron chi connectivity index (χ2n) is 5.54. The van der Waals surface area contributed by atoms with E-state index < -0.39 is 0 Å². The van der Waals surface area contributed by atoms with Crippen molar-refractivity contribution in [2.45, 2.75) is 24.1 Å². The van der Waals surface area contributed by atoms with Crippen LogP contribution in [0.4, 0.5) is 0 Å². The van der Waals surface area contributed by atoms with Gasteiger partial charge >= 0.3 is 0 Å². The largest absolute Gasteiger partial charge is 0.497 e. The van der Waals surface area contributed by atoms with Crippen molar-refractivity contribution in [3.8, 4) is 5.75 Å². The Labute approximate surface area is 156 Å². The molecule has 4 nitrogen and oxygen atoms in total. The predicted molar refractivity (Wildman–Crippen MR) is 101 cm³/mol. The molecule has 0 atom stereocenters. The maximum absolute atomic E-state index is 9.61. The molecule has 0 aliphatic heterocycles. The van der Waals surface area contributed by atoms with Gasteiger partial charge in [0.1, 0.15) is 5.75 Å². The molecule has 1 aromatic heterocycles. The van der Waals surface area contributed by atoms with Crippen molar-refractivity contribution in [1.82, 2.24) is 9.55 Å². The fourth-order valence-electron chi connectivity index (χ4n) is 2.49. The second kappa shape index (κ2) is 8.43. The van der Waals surface area contributed by atoms with Crippen LogP contribution in [-0.2, 0) is 18.9 Å². The lowest BCUT2D eigenvalue weighted by Gasteiger charge is -2.11. The maximum Gasteiger partial charge on any atom is 0.168 e. The molecule has 2 aromatic carbocycles. The third-order valence-electron chi connectivity index (χ3n) is 3.82. The van der Waals surface area contributed by atoms with E-state index in [1.54, 1.807) is 25.1 Å². The normalized spacial score (nSPS) is 10.8. The first-order valence-electron chi connectivity index (χ1n) is 7.85. The standard InChI is InChI=1S/C19H19ClN2O2S/c1-24-18-7-5-14(6-8-18)11-22-17(12-23)10-21-19(22)25-13-15-3-2-4-16(20)9-15/h2-10,23H,11-13H2,1H3. The van der Waals surface area contributed by atoms with Crippen molar-refractivity contribution < 1.29 is 9.84 Å². The molecule has 0 fully saturated rings. The Kier molecular flexibility index (Phi) is 6.02. The van der Waals surface area contributed by atoms with Crippen molar-refractivity contribution >= 4 is 23.4 Å². The fourth-order valence-corrected chi connectivity index (χ4v) is 3.64. The molecule has 25 heavy (non-hydrogen) atoms. The van der Waals surface area contributed by atoms with Crippen LogP contribution in [0.1, 0.15) is 16.8 Å². The summed E-state index contributed by atoms with van der Waals surface area (Å²) in [4.78, 5) is 4.46. The van der Waals surface area contributed by atoms with E-state index in [9.17, 15) is 5.11 Å². The van der Waals surface area contributed by atoms with Gasteiger partial charge in [-0.25, -0.2) is 4.98 Å². The molecule has 0 unspecified atom stereocenters. The number of thioether (sulfide) groups is 1. The Balaban J connectivity index is 1.77. The summed E-state index contributed by atoms with van der Waals surface area (Å²) in [7, 11) is 1.65. The van der Waals surface area contributed by atoms with E-state index in [0.717, 1.165) is 38.5 Å². The molecule has 0 aliphatic rings. The summed E-state index contributed by atoms with van der Waals surface area (Å²) in [6.07, 6.45) is 1.73. The SMILES string of the molecule is COc1ccc(Cn2c(CO)cnc2SCc2cccc(Cl)c2)cc1. The molecule has 1 heterocycles. The van der Waals surface area contributed by atoms with Crippen LogP contribution in [0, 0.1) is 0 Å². The number of methoxy groups -OCH3 is 1. The minimum absolute atomic E-state index is 0.0408. The Hall–Kier alpha value is -1.95. The summed E-state index contributed by atoms with van der Waals surface area (Å²) in [6.45, 7) is 0.610. The highest BCUT2D eigenvalue weighted by molar-refractivity contribution is 7.98. The lowest BCUT2D eigenvalue weighted by Crippen LogP contribution is -2.06. The molecular formula is C19H19ClN2O2S. The predicted octanol–water partition coefficient (Wildman–Crippen LogP) is 4.38. The van der Waals surface area contributed by atoms with Crippen LogP contribution in [0.2, 0.25) is 5.02 Å². The number of hydrogen-bond donors (Lipinski definition) is 1. The monoisotopic (exact) mass is 374 g/mol. The van der Waals surface area contributed by atoms with Crippen LogP contribution in [0.25, 0.3) is 0 Å². The number of nitrogens with zero attached hydrogens (tertiary/aromatic N) is 2. The first-order valence-corrected chi connectivity index (χ1v) is 9.21. The lowest BCUT2D eigenvalue weighted by atomic mass is 10.2. The van der Waals surface area contributed by atoms with Crippen LogP contribution in [0.15, 0.2) is 59.9 Å². The van der Waals surface area contributed by atoms with Crippen LogP contribution < -0.4 is 4.74 Å². The van der Waals surface area contributed by atoms with Gasteiger partial charge in [0.05, 0.1) is 25.6 Å². The molecule has 0 radical (unpaired) electrons. The molecule has 130 valence electrons. The van der Waals surface area contributed by atoms with Gasteiger partial charge in [0.2, 0.25) is 0 Å². The summed E-state index contributed by atoms with van der Waals surface area (Å²) in [5.41, 5.74) is 3.06. The smallest absolute Gasteiger partial charge is 0.168 e. The van der Waals surface area contributed by atoms with E-state index in [4.69, 9.17) is 16.3 Å². The minimum atomic E-state index is -0.0408. The van der Waals surface area contributed by atoms with Gasteiger partial charge in [-0.1, -0.05) is 47.6 Å². The van der Waals surface area contributed by atoms with Crippen LogP contribution in [0.5, 0.6) is 5.75 Å². The topological polar surface area (TPSA) is 47.3 Å². The van der Waals surface area contributed by atoms with Crippen molar-refractivity contribution in [2.24, 2.45) is 0 Å². The van der Waals surface area contributed by atoms with Gasteiger partial charge in [0.15, 0.2) is 5.16 Å². The summed E-state index contributed by atoms with van der Waals surface area (Å²) >= 11 is 7.67. The molecule has 0 bridgehead atoms. The average Bonchev–Trinajstić information content (AvgIpc) is 3.02. The first-order chi connectivity index (χ1) is 12.2. The number of halogens is 1. The minimum Gasteiger partial charge on any atom is -0.497 e. The van der Waals surface area contributed by atoms with Gasteiger partial charge in [0, 0.05) is 17.3 Å². The highest BCUT2D eigenvalue weighted by atomic mass is 35.5. The summed E-state index contributed by atoms with van der Waals surface area (Å²) < 4.78 is 7.23. The van der Waals surface area contributed by atoms with Crippen molar-refractivity contribution in [3.05, 3.63) is 76.6 Å². The molecule has 0 aliphatic carbocycles. The van der Waals surface area contributed by atoms with Crippen LogP contribution in [0.3, 0.4) is 0 Å². The Morgan fingerprint density at radius 1 is 1.16 bits per heavy atom. The highest BCUT2D eigenvalue weighted by Gasteiger charge is 2.11. The number of rotatable bonds is 7. The van der Waals surface area contributed by atoms with E-state index in [1.807, 2.05) is 53.1 Å². The van der Waals surface area contributed by atoms with Crippen LogP contribution in [-0.4, -0.2) is 21.8 Å². The summed E-state index contributed by atoms with van der Waals surface area (Å²) in [6, 6.07) is 15.7. The van der Waals surface area contributed by atoms with E-state index in [1.165, 1.54) is 0 Å². The van der Waals surface area contributed by atoms with E-state index in [-0.39, 0.29) is 6.61 Å². The zero-order valence-corrected chi connectivity index (χ0v) is 15.4. The molecular weight excluding hydrogens is 356 g/mol. The molecule has 0 spiro atoms. The molecule has 0 saturated heterocycles. The third kappa shape index (κ3) is 4.57. The number of hydrogen-bond acceptors (Lipinski definition) is 4. The Morgan fingerprint density at radius 2 is 1.96 bits per heavy atom. The van der Waals surface area contributed by atoms with Gasteiger partial charge in [0.25, 0.3) is 0 Å². The zero-order valence-electron chi connectivity index (χ0n) is 13.9. The van der Waals surface area contributed by atoms with Gasteiger partial charge in [-0.05, 0) is 35.4 Å². The number of aliphatic hydroxyl groups excluding tert-OH is 1.